The first-order chi connectivity index (χ1) is 17.7. The predicted molar refractivity (Wildman–Crippen MR) is 143 cm³/mol. The van der Waals surface area contributed by atoms with Gasteiger partial charge in [-0.2, -0.15) is 0 Å². The fourth-order valence-corrected chi connectivity index (χ4v) is 5.47. The smallest absolute Gasteiger partial charge is 0.318 e. The Bertz CT molecular complexity index is 1400. The van der Waals surface area contributed by atoms with Crippen molar-refractivity contribution in [1.29, 1.82) is 0 Å². The third kappa shape index (κ3) is 4.81. The topological polar surface area (TPSA) is 98.9 Å². The van der Waals surface area contributed by atoms with Crippen LogP contribution in [0.5, 0.6) is 0 Å². The summed E-state index contributed by atoms with van der Waals surface area (Å²) in [6, 6.07) is 17.8. The van der Waals surface area contributed by atoms with Crippen molar-refractivity contribution in [2.45, 2.75) is 58.8 Å². The Balaban J connectivity index is 1.82. The Morgan fingerprint density at radius 1 is 0.838 bits per heavy atom. The van der Waals surface area contributed by atoms with Gasteiger partial charge in [-0.3, -0.25) is 14.9 Å². The molecule has 1 aliphatic rings. The number of hydrogen-bond donors (Lipinski definition) is 0. The van der Waals surface area contributed by atoms with Crippen LogP contribution in [-0.2, 0) is 15.0 Å². The van der Waals surface area contributed by atoms with Crippen molar-refractivity contribution in [2.75, 3.05) is 0 Å². The van der Waals surface area contributed by atoms with E-state index >= 15 is 0 Å². The minimum absolute atomic E-state index is 0.0470. The van der Waals surface area contributed by atoms with Crippen molar-refractivity contribution < 1.29 is 19.3 Å². The van der Waals surface area contributed by atoms with Gasteiger partial charge in [0.25, 0.3) is 5.69 Å². The van der Waals surface area contributed by atoms with Crippen LogP contribution in [-0.4, -0.2) is 22.4 Å². The summed E-state index contributed by atoms with van der Waals surface area (Å²) < 4.78 is 0. The van der Waals surface area contributed by atoms with Crippen LogP contribution in [0.1, 0.15) is 86.0 Å². The number of oxime groups is 1. The van der Waals surface area contributed by atoms with E-state index in [1.807, 2.05) is 31.2 Å². The number of nitro groups is 1. The number of rotatable bonds is 9. The molecule has 3 aromatic rings. The maximum Gasteiger partial charge on any atom is 0.331 e. The fraction of sp³-hybridized carbons (Fsp3) is 0.300. The summed E-state index contributed by atoms with van der Waals surface area (Å²) in [5.41, 5.74) is 6.73. The van der Waals surface area contributed by atoms with Crippen LogP contribution in [0.15, 0.2) is 65.8 Å². The lowest BCUT2D eigenvalue weighted by atomic mass is 9.71. The van der Waals surface area contributed by atoms with Crippen LogP contribution < -0.4 is 0 Å². The van der Waals surface area contributed by atoms with Crippen molar-refractivity contribution in [3.63, 3.8) is 0 Å². The van der Waals surface area contributed by atoms with Crippen LogP contribution in [0.3, 0.4) is 0 Å². The third-order valence-corrected chi connectivity index (χ3v) is 7.05. The molecule has 1 aliphatic carbocycles. The lowest BCUT2D eigenvalue weighted by Crippen LogP contribution is -2.25. The van der Waals surface area contributed by atoms with Gasteiger partial charge in [0.05, 0.1) is 10.6 Å². The SMILES string of the molecule is CCCC1(CCC)c2cc(C(=O)c3ccc([N+](=O)[O-])cc3)ccc2-c2ccc(C(C)=NOC(C)=O)cc21. The number of non-ortho nitro benzene ring substituents is 1. The van der Waals surface area contributed by atoms with Crippen molar-refractivity contribution in [3.8, 4) is 11.1 Å². The second-order valence-corrected chi connectivity index (χ2v) is 9.50. The Labute approximate surface area is 216 Å². The maximum atomic E-state index is 13.4. The van der Waals surface area contributed by atoms with E-state index in [-0.39, 0.29) is 16.9 Å². The summed E-state index contributed by atoms with van der Waals surface area (Å²) in [7, 11) is 0. The Morgan fingerprint density at radius 2 is 1.35 bits per heavy atom. The first-order valence-electron chi connectivity index (χ1n) is 12.5. The Kier molecular flexibility index (Phi) is 7.34. The standard InChI is InChI=1S/C30H30N2O5/c1-5-15-30(16-6-2)27-17-22(19(3)31-37-20(4)33)9-13-25(27)26-14-10-23(18-28(26)30)29(34)21-7-11-24(12-8-21)32(35)36/h7-14,17-18H,5-6,15-16H2,1-4H3. The molecule has 4 rings (SSSR count). The number of carbonyl (C=O) groups is 2. The van der Waals surface area contributed by atoms with E-state index in [2.05, 4.69) is 31.1 Å². The van der Waals surface area contributed by atoms with Crippen LogP contribution in [0.25, 0.3) is 11.1 Å². The highest BCUT2D eigenvalue weighted by Crippen LogP contribution is 2.54. The van der Waals surface area contributed by atoms with E-state index < -0.39 is 10.9 Å². The van der Waals surface area contributed by atoms with Crippen molar-refractivity contribution in [1.82, 2.24) is 0 Å². The average molecular weight is 499 g/mol. The average Bonchev–Trinajstić information content (AvgIpc) is 3.15. The molecule has 190 valence electrons. The van der Waals surface area contributed by atoms with Gasteiger partial charge in [-0.1, -0.05) is 56.1 Å². The molecule has 0 aliphatic heterocycles. The summed E-state index contributed by atoms with van der Waals surface area (Å²) in [6.45, 7) is 7.46. The molecule has 37 heavy (non-hydrogen) atoms. The molecule has 0 N–H and O–H groups in total. The van der Waals surface area contributed by atoms with Gasteiger partial charge in [0, 0.05) is 35.6 Å². The molecule has 3 aromatic carbocycles. The molecule has 0 unspecified atom stereocenters. The van der Waals surface area contributed by atoms with Gasteiger partial charge in [0.15, 0.2) is 5.78 Å². The molecule has 0 saturated heterocycles. The highest BCUT2D eigenvalue weighted by atomic mass is 16.7. The van der Waals surface area contributed by atoms with Gasteiger partial charge < -0.3 is 4.84 Å². The monoisotopic (exact) mass is 498 g/mol. The molecule has 7 heteroatoms. The summed E-state index contributed by atoms with van der Waals surface area (Å²) in [6.07, 6.45) is 3.76. The fourth-order valence-electron chi connectivity index (χ4n) is 5.47. The molecule has 0 aromatic heterocycles. The van der Waals surface area contributed by atoms with E-state index in [0.717, 1.165) is 47.9 Å². The van der Waals surface area contributed by atoms with E-state index in [9.17, 15) is 19.7 Å². The first-order valence-corrected chi connectivity index (χ1v) is 12.5. The number of fused-ring (bicyclic) bond motifs is 3. The summed E-state index contributed by atoms with van der Waals surface area (Å²) in [5.74, 6) is -0.634. The molecular formula is C30H30N2O5. The maximum absolute atomic E-state index is 13.4. The largest absolute Gasteiger partial charge is 0.331 e. The number of nitrogens with zero attached hydrogens (tertiary/aromatic N) is 2. The molecule has 0 bridgehead atoms. The van der Waals surface area contributed by atoms with E-state index in [1.165, 1.54) is 36.8 Å². The minimum Gasteiger partial charge on any atom is -0.318 e. The molecule has 0 radical (unpaired) electrons. The molecule has 7 nitrogen and oxygen atoms in total. The third-order valence-electron chi connectivity index (χ3n) is 7.05. The summed E-state index contributed by atoms with van der Waals surface area (Å²) in [5, 5.41) is 15.0. The van der Waals surface area contributed by atoms with Crippen LogP contribution in [0.2, 0.25) is 0 Å². The lowest BCUT2D eigenvalue weighted by molar-refractivity contribution is -0.384. The number of benzene rings is 3. The zero-order chi connectivity index (χ0) is 26.7. The van der Waals surface area contributed by atoms with Gasteiger partial charge in [-0.15, -0.1) is 0 Å². The van der Waals surface area contributed by atoms with Gasteiger partial charge in [-0.25, -0.2) is 4.79 Å². The number of carbonyl (C=O) groups excluding carboxylic acids is 2. The molecule has 0 heterocycles. The Hall–Kier alpha value is -4.13. The number of ketones is 1. The quantitative estimate of drug-likeness (QED) is 0.104. The molecule has 0 saturated carbocycles. The molecule has 0 spiro atoms. The zero-order valence-electron chi connectivity index (χ0n) is 21.5. The van der Waals surface area contributed by atoms with Crippen LogP contribution >= 0.6 is 0 Å². The van der Waals surface area contributed by atoms with Gasteiger partial charge in [0.2, 0.25) is 0 Å². The van der Waals surface area contributed by atoms with Crippen molar-refractivity contribution in [3.05, 3.63) is 98.6 Å². The van der Waals surface area contributed by atoms with E-state index in [1.54, 1.807) is 0 Å². The first kappa shape index (κ1) is 25.9. The second kappa shape index (κ2) is 10.5. The molecule has 0 fully saturated rings. The lowest BCUT2D eigenvalue weighted by Gasteiger charge is -2.32. The minimum atomic E-state index is -0.475. The normalized spacial score (nSPS) is 13.6. The van der Waals surface area contributed by atoms with Gasteiger partial charge in [-0.05, 0) is 71.8 Å². The van der Waals surface area contributed by atoms with E-state index in [0.29, 0.717) is 16.8 Å². The molecular weight excluding hydrogens is 468 g/mol. The Morgan fingerprint density at radius 3 is 1.86 bits per heavy atom. The summed E-state index contributed by atoms with van der Waals surface area (Å²) in [4.78, 5) is 40.0. The second-order valence-electron chi connectivity index (χ2n) is 9.50. The van der Waals surface area contributed by atoms with Crippen LogP contribution in [0, 0.1) is 10.1 Å². The highest BCUT2D eigenvalue weighted by molar-refractivity contribution is 6.10. The highest BCUT2D eigenvalue weighted by Gasteiger charge is 2.42. The van der Waals surface area contributed by atoms with Crippen molar-refractivity contribution in [2.24, 2.45) is 5.16 Å². The van der Waals surface area contributed by atoms with Gasteiger partial charge in [0.1, 0.15) is 0 Å². The van der Waals surface area contributed by atoms with E-state index in [4.69, 9.17) is 4.84 Å². The molecule has 0 atom stereocenters. The number of nitro benzene ring substituents is 1. The van der Waals surface area contributed by atoms with Crippen LogP contribution in [0.4, 0.5) is 5.69 Å². The zero-order valence-corrected chi connectivity index (χ0v) is 21.5. The molecule has 0 amide bonds. The van der Waals surface area contributed by atoms with Gasteiger partial charge >= 0.3 is 5.97 Å². The number of hydrogen-bond acceptors (Lipinski definition) is 6. The summed E-state index contributed by atoms with van der Waals surface area (Å²) >= 11 is 0. The predicted octanol–water partition coefficient (Wildman–Crippen LogP) is 6.98. The van der Waals surface area contributed by atoms with Crippen molar-refractivity contribution >= 4 is 23.2 Å².